The number of piperidine rings is 1. The number of hydrogen-bond acceptors (Lipinski definition) is 4. The summed E-state index contributed by atoms with van der Waals surface area (Å²) < 4.78 is 5.75. The molecule has 166 valence electrons. The Hall–Kier alpha value is -2.08. The lowest BCUT2D eigenvalue weighted by atomic mass is 9.89. The highest BCUT2D eigenvalue weighted by molar-refractivity contribution is 6.01. The minimum atomic E-state index is 0. The summed E-state index contributed by atoms with van der Waals surface area (Å²) in [5.74, 6) is 1.73. The number of hydrogen-bond donors (Lipinski definition) is 2. The maximum Gasteiger partial charge on any atom is 0.230 e. The van der Waals surface area contributed by atoms with Crippen LogP contribution in [0.5, 0.6) is 5.75 Å². The van der Waals surface area contributed by atoms with E-state index < -0.39 is 0 Å². The van der Waals surface area contributed by atoms with E-state index in [1.54, 1.807) is 7.11 Å². The van der Waals surface area contributed by atoms with Gasteiger partial charge in [-0.2, -0.15) is 0 Å². The average molecular weight is 442 g/mol. The van der Waals surface area contributed by atoms with Gasteiger partial charge in [0.1, 0.15) is 5.75 Å². The number of nitrogens with zero attached hydrogens (tertiary/aromatic N) is 1. The molecule has 0 bridgehead atoms. The standard InChI is InChI=1S/C25H31N3O2.ClH/c1-15-9-10-21(24(27-15)16-7-5-4-6-8-16)26-14-17-11-22-19(13-23(17)30-3)18-12-20(18)25(29)28(22)2;/h4-8,11,13,15,18,20-21,24,26-27H,9-10,12,14H2,1-3H3;1H. The van der Waals surface area contributed by atoms with Crippen LogP contribution in [0, 0.1) is 5.92 Å². The zero-order valence-electron chi connectivity index (χ0n) is 18.4. The van der Waals surface area contributed by atoms with Crippen molar-refractivity contribution in [3.05, 3.63) is 59.2 Å². The fourth-order valence-corrected chi connectivity index (χ4v) is 5.27. The van der Waals surface area contributed by atoms with Crippen LogP contribution >= 0.6 is 12.4 Å². The number of nitrogens with one attached hydrogen (secondary N) is 2. The van der Waals surface area contributed by atoms with Crippen LogP contribution in [0.1, 0.15) is 54.8 Å². The van der Waals surface area contributed by atoms with Crippen molar-refractivity contribution in [2.45, 2.75) is 56.8 Å². The van der Waals surface area contributed by atoms with E-state index in [0.29, 0.717) is 18.0 Å². The molecular formula is C25H32ClN3O2. The Morgan fingerprint density at radius 1 is 1.16 bits per heavy atom. The van der Waals surface area contributed by atoms with E-state index in [9.17, 15) is 4.79 Å². The molecule has 0 spiro atoms. The van der Waals surface area contributed by atoms with Crippen molar-refractivity contribution in [2.24, 2.45) is 5.92 Å². The van der Waals surface area contributed by atoms with Crippen LogP contribution in [0.25, 0.3) is 0 Å². The Kier molecular flexibility index (Phi) is 6.29. The molecule has 1 amide bonds. The zero-order chi connectivity index (χ0) is 20.8. The molecule has 2 aliphatic heterocycles. The van der Waals surface area contributed by atoms with Crippen molar-refractivity contribution in [3.63, 3.8) is 0 Å². The lowest BCUT2D eigenvalue weighted by molar-refractivity contribution is -0.119. The molecule has 1 saturated carbocycles. The number of ether oxygens (including phenoxy) is 1. The third kappa shape index (κ3) is 4.07. The van der Waals surface area contributed by atoms with Crippen LogP contribution in [-0.2, 0) is 11.3 Å². The Morgan fingerprint density at radius 3 is 2.68 bits per heavy atom. The van der Waals surface area contributed by atoms with Gasteiger partial charge in [-0.05, 0) is 55.4 Å². The molecule has 1 aliphatic carbocycles. The van der Waals surface area contributed by atoms with Gasteiger partial charge in [0.05, 0.1) is 7.11 Å². The highest BCUT2D eigenvalue weighted by Gasteiger charge is 2.50. The van der Waals surface area contributed by atoms with E-state index in [1.807, 2.05) is 11.9 Å². The molecule has 2 N–H and O–H groups in total. The Labute approximate surface area is 191 Å². The smallest absolute Gasteiger partial charge is 0.230 e. The molecule has 5 nitrogen and oxygen atoms in total. The second-order valence-electron chi connectivity index (χ2n) is 9.09. The minimum absolute atomic E-state index is 0. The zero-order valence-corrected chi connectivity index (χ0v) is 19.2. The maximum atomic E-state index is 12.5. The highest BCUT2D eigenvalue weighted by atomic mass is 35.5. The van der Waals surface area contributed by atoms with E-state index in [4.69, 9.17) is 4.74 Å². The van der Waals surface area contributed by atoms with Gasteiger partial charge in [-0.3, -0.25) is 4.79 Å². The first-order valence-electron chi connectivity index (χ1n) is 11.1. The molecular weight excluding hydrogens is 410 g/mol. The first-order chi connectivity index (χ1) is 14.6. The van der Waals surface area contributed by atoms with Crippen molar-refractivity contribution < 1.29 is 9.53 Å². The molecule has 2 heterocycles. The summed E-state index contributed by atoms with van der Waals surface area (Å²) in [7, 11) is 3.64. The molecule has 5 unspecified atom stereocenters. The molecule has 3 aliphatic rings. The van der Waals surface area contributed by atoms with Crippen molar-refractivity contribution in [3.8, 4) is 5.75 Å². The normalized spacial score (nSPS) is 28.9. The van der Waals surface area contributed by atoms with Gasteiger partial charge in [-0.15, -0.1) is 12.4 Å². The molecule has 2 fully saturated rings. The maximum absolute atomic E-state index is 12.5. The lowest BCUT2D eigenvalue weighted by Crippen LogP contribution is -2.49. The van der Waals surface area contributed by atoms with Crippen molar-refractivity contribution in [1.82, 2.24) is 10.6 Å². The number of amides is 1. The van der Waals surface area contributed by atoms with E-state index in [-0.39, 0.29) is 30.3 Å². The molecule has 5 atom stereocenters. The van der Waals surface area contributed by atoms with Gasteiger partial charge in [-0.25, -0.2) is 0 Å². The minimum Gasteiger partial charge on any atom is -0.496 e. The number of anilines is 1. The monoisotopic (exact) mass is 441 g/mol. The number of halogens is 1. The fraction of sp³-hybridized carbons (Fsp3) is 0.480. The third-order valence-electron chi connectivity index (χ3n) is 7.12. The number of benzene rings is 2. The Bertz CT molecular complexity index is 951. The van der Waals surface area contributed by atoms with Gasteiger partial charge in [0.2, 0.25) is 5.91 Å². The quantitative estimate of drug-likeness (QED) is 0.731. The fourth-order valence-electron chi connectivity index (χ4n) is 5.27. The number of carbonyl (C=O) groups excluding carboxylic acids is 1. The van der Waals surface area contributed by atoms with Crippen molar-refractivity contribution in [1.29, 1.82) is 0 Å². The van der Waals surface area contributed by atoms with Gasteiger partial charge in [0, 0.05) is 48.9 Å². The molecule has 2 aromatic carbocycles. The van der Waals surface area contributed by atoms with E-state index in [2.05, 4.69) is 60.0 Å². The summed E-state index contributed by atoms with van der Waals surface area (Å²) in [5.41, 5.74) is 4.74. The van der Waals surface area contributed by atoms with Gasteiger partial charge < -0.3 is 20.3 Å². The van der Waals surface area contributed by atoms with Crippen LogP contribution in [0.4, 0.5) is 5.69 Å². The second-order valence-corrected chi connectivity index (χ2v) is 9.09. The Balaban J connectivity index is 0.00000231. The number of fused-ring (bicyclic) bond motifs is 3. The summed E-state index contributed by atoms with van der Waals surface area (Å²) in [6.45, 7) is 2.98. The topological polar surface area (TPSA) is 53.6 Å². The number of carbonyl (C=O) groups is 1. The first-order valence-corrected chi connectivity index (χ1v) is 11.1. The summed E-state index contributed by atoms with van der Waals surface area (Å²) in [5, 5.41) is 7.57. The molecule has 31 heavy (non-hydrogen) atoms. The van der Waals surface area contributed by atoms with Crippen LogP contribution < -0.4 is 20.3 Å². The predicted molar refractivity (Wildman–Crippen MR) is 126 cm³/mol. The number of methoxy groups -OCH3 is 1. The van der Waals surface area contributed by atoms with Crippen LogP contribution in [0.2, 0.25) is 0 Å². The van der Waals surface area contributed by atoms with Gasteiger partial charge in [0.15, 0.2) is 0 Å². The summed E-state index contributed by atoms with van der Waals surface area (Å²) in [6, 6.07) is 16.2. The molecule has 1 saturated heterocycles. The summed E-state index contributed by atoms with van der Waals surface area (Å²) >= 11 is 0. The van der Waals surface area contributed by atoms with E-state index in [1.165, 1.54) is 11.1 Å². The second kappa shape index (κ2) is 8.81. The highest BCUT2D eigenvalue weighted by Crippen LogP contribution is 2.56. The Morgan fingerprint density at radius 2 is 1.94 bits per heavy atom. The van der Waals surface area contributed by atoms with Gasteiger partial charge in [-0.1, -0.05) is 30.3 Å². The SMILES string of the molecule is COc1cc2c(cc1CNC1CCC(C)NC1c1ccccc1)N(C)C(=O)C1CC21.Cl. The van der Waals surface area contributed by atoms with E-state index >= 15 is 0 Å². The largest absolute Gasteiger partial charge is 0.496 e. The average Bonchev–Trinajstić information content (AvgIpc) is 3.58. The summed E-state index contributed by atoms with van der Waals surface area (Å²) in [6.07, 6.45) is 3.26. The van der Waals surface area contributed by atoms with Crippen LogP contribution in [0.3, 0.4) is 0 Å². The van der Waals surface area contributed by atoms with Gasteiger partial charge in [0.25, 0.3) is 0 Å². The summed E-state index contributed by atoms with van der Waals surface area (Å²) in [4.78, 5) is 14.3. The predicted octanol–water partition coefficient (Wildman–Crippen LogP) is 4.17. The van der Waals surface area contributed by atoms with Crippen LogP contribution in [-0.4, -0.2) is 32.1 Å². The lowest BCUT2D eigenvalue weighted by Gasteiger charge is -2.37. The molecule has 2 aromatic rings. The first kappa shape index (κ1) is 22.1. The number of rotatable bonds is 5. The van der Waals surface area contributed by atoms with Crippen LogP contribution in [0.15, 0.2) is 42.5 Å². The molecule has 0 aromatic heterocycles. The van der Waals surface area contributed by atoms with Crippen molar-refractivity contribution >= 4 is 24.0 Å². The molecule has 6 heteroatoms. The van der Waals surface area contributed by atoms with Crippen molar-refractivity contribution in [2.75, 3.05) is 19.1 Å². The third-order valence-corrected chi connectivity index (χ3v) is 7.12. The molecule has 0 radical (unpaired) electrons. The van der Waals surface area contributed by atoms with E-state index in [0.717, 1.165) is 42.8 Å². The van der Waals surface area contributed by atoms with Gasteiger partial charge >= 0.3 is 0 Å². The molecule has 5 rings (SSSR count).